The van der Waals surface area contributed by atoms with Gasteiger partial charge in [0.15, 0.2) is 11.4 Å². The van der Waals surface area contributed by atoms with Crippen LogP contribution in [0.3, 0.4) is 0 Å². The van der Waals surface area contributed by atoms with E-state index in [0.717, 1.165) is 5.69 Å². The molecule has 1 fully saturated rings. The molecule has 0 aliphatic carbocycles. The lowest BCUT2D eigenvalue weighted by atomic mass is 9.99. The number of isothiocyanates is 1. The van der Waals surface area contributed by atoms with E-state index in [1.807, 2.05) is 12.1 Å². The smallest absolute Gasteiger partial charge is 0.186 e. The lowest BCUT2D eigenvalue weighted by Crippen LogP contribution is -2.59. The zero-order chi connectivity index (χ0) is 24.1. The number of aliphatic imine (C=N–C) groups is 1. The van der Waals surface area contributed by atoms with Crippen LogP contribution in [-0.4, -0.2) is 108 Å². The predicted molar refractivity (Wildman–Crippen MR) is 127 cm³/mol. The molecule has 184 valence electrons. The molecule has 6 N–H and O–H groups in total. The van der Waals surface area contributed by atoms with Gasteiger partial charge in [0.25, 0.3) is 0 Å². The first kappa shape index (κ1) is 27.6. The number of aliphatic hydroxyl groups excluding tert-OH is 4. The molecule has 0 spiro atoms. The molecule has 1 heterocycles. The van der Waals surface area contributed by atoms with E-state index >= 15 is 0 Å². The van der Waals surface area contributed by atoms with Crippen LogP contribution < -0.4 is 10.6 Å². The fraction of sp³-hybridized carbons (Fsp3) is 0.600. The molecule has 3 unspecified atom stereocenters. The number of nitrogens with one attached hydrogen (secondary N) is 2. The van der Waals surface area contributed by atoms with E-state index in [4.69, 9.17) is 36.3 Å². The summed E-state index contributed by atoms with van der Waals surface area (Å²) in [6.07, 6.45) is -6.48. The lowest BCUT2D eigenvalue weighted by Gasteiger charge is -2.39. The summed E-state index contributed by atoms with van der Waals surface area (Å²) in [5.74, 6) is 0. The van der Waals surface area contributed by atoms with Gasteiger partial charge in [0, 0.05) is 12.2 Å². The third-order valence-corrected chi connectivity index (χ3v) is 4.90. The van der Waals surface area contributed by atoms with Crippen molar-refractivity contribution in [1.29, 1.82) is 0 Å². The molecule has 13 heteroatoms. The van der Waals surface area contributed by atoms with Crippen molar-refractivity contribution < 1.29 is 39.4 Å². The van der Waals surface area contributed by atoms with Gasteiger partial charge in [0.05, 0.1) is 50.5 Å². The summed E-state index contributed by atoms with van der Waals surface area (Å²) in [4.78, 5) is 3.88. The molecule has 1 aromatic carbocycles. The Morgan fingerprint density at radius 2 is 1.67 bits per heavy atom. The minimum atomic E-state index is -1.47. The summed E-state index contributed by atoms with van der Waals surface area (Å²) in [7, 11) is 0. The summed E-state index contributed by atoms with van der Waals surface area (Å²) < 4.78 is 21.4. The number of rotatable bonds is 13. The third kappa shape index (κ3) is 9.65. The molecular formula is C20H29N3O8S2. The average molecular weight is 504 g/mol. The van der Waals surface area contributed by atoms with Gasteiger partial charge in [-0.2, -0.15) is 4.99 Å². The van der Waals surface area contributed by atoms with Crippen molar-refractivity contribution >= 4 is 46.1 Å². The van der Waals surface area contributed by atoms with Gasteiger partial charge in [-0.15, -0.1) is 0 Å². The van der Waals surface area contributed by atoms with Crippen molar-refractivity contribution in [2.24, 2.45) is 4.99 Å². The molecule has 1 aliphatic heterocycles. The molecule has 2 rings (SSSR count). The van der Waals surface area contributed by atoms with Gasteiger partial charge in [0.2, 0.25) is 0 Å². The van der Waals surface area contributed by atoms with Gasteiger partial charge in [-0.05, 0) is 48.7 Å². The zero-order valence-electron chi connectivity index (χ0n) is 17.8. The Hall–Kier alpha value is -1.61. The van der Waals surface area contributed by atoms with Crippen LogP contribution in [-0.2, 0) is 18.9 Å². The minimum absolute atomic E-state index is 0.0863. The molecule has 0 saturated carbocycles. The standard InChI is InChI=1S/C20H29N3O8S2/c24-11-15-16(25)17(26)18(27)19(31-15)30-10-9-29-8-7-28-6-5-21-20(33)23-14-3-1-13(2-4-14)22-12-32/h1-4,15-19,24-27H,5-11H2,(H2,21,23,33)/t15?,16-,17?,18?,19+/m1/s1. The topological polar surface area (TPSA) is 154 Å². The SMILES string of the molecule is OCC1O[C@H](OCCOCCOCCNC(=S)Nc2ccc(N=C=S)cc2)C(O)C(O)[C@@H]1O. The molecule has 1 saturated heterocycles. The third-order valence-electron chi connectivity index (χ3n) is 4.56. The highest BCUT2D eigenvalue weighted by molar-refractivity contribution is 7.80. The molecule has 0 aromatic heterocycles. The highest BCUT2D eigenvalue weighted by Crippen LogP contribution is 2.21. The molecule has 33 heavy (non-hydrogen) atoms. The van der Waals surface area contributed by atoms with Gasteiger partial charge in [-0.3, -0.25) is 0 Å². The molecule has 1 aromatic rings. The first-order valence-electron chi connectivity index (χ1n) is 10.3. The van der Waals surface area contributed by atoms with Gasteiger partial charge < -0.3 is 50.0 Å². The Labute approximate surface area is 202 Å². The maximum absolute atomic E-state index is 9.87. The van der Waals surface area contributed by atoms with Gasteiger partial charge in [-0.1, -0.05) is 0 Å². The summed E-state index contributed by atoms with van der Waals surface area (Å²) >= 11 is 9.78. The highest BCUT2D eigenvalue weighted by Gasteiger charge is 2.43. The molecular weight excluding hydrogens is 474 g/mol. The lowest BCUT2D eigenvalue weighted by molar-refractivity contribution is -0.302. The van der Waals surface area contributed by atoms with Crippen molar-refractivity contribution in [2.75, 3.05) is 51.5 Å². The van der Waals surface area contributed by atoms with E-state index in [-0.39, 0.29) is 13.2 Å². The second kappa shape index (κ2) is 15.3. The van der Waals surface area contributed by atoms with Crippen LogP contribution >= 0.6 is 24.4 Å². The first-order valence-corrected chi connectivity index (χ1v) is 11.1. The Morgan fingerprint density at radius 3 is 2.33 bits per heavy atom. The van der Waals surface area contributed by atoms with Crippen LogP contribution in [0.15, 0.2) is 29.3 Å². The summed E-state index contributed by atoms with van der Waals surface area (Å²) in [6.45, 7) is 1.42. The molecule has 1 aliphatic rings. The monoisotopic (exact) mass is 503 g/mol. The molecule has 5 atom stereocenters. The second-order valence-electron chi connectivity index (χ2n) is 6.92. The number of hydrogen-bond donors (Lipinski definition) is 6. The fourth-order valence-corrected chi connectivity index (χ4v) is 3.16. The van der Waals surface area contributed by atoms with E-state index < -0.39 is 37.3 Å². The Kier molecular flexibility index (Phi) is 12.8. The van der Waals surface area contributed by atoms with Crippen LogP contribution in [0.5, 0.6) is 0 Å². The number of nitrogens with zero attached hydrogens (tertiary/aromatic N) is 1. The van der Waals surface area contributed by atoms with Crippen LogP contribution in [0.25, 0.3) is 0 Å². The van der Waals surface area contributed by atoms with E-state index in [1.165, 1.54) is 0 Å². The average Bonchev–Trinajstić information content (AvgIpc) is 2.81. The van der Waals surface area contributed by atoms with Crippen LogP contribution in [0, 0.1) is 0 Å². The van der Waals surface area contributed by atoms with E-state index in [9.17, 15) is 15.3 Å². The van der Waals surface area contributed by atoms with E-state index in [1.54, 1.807) is 12.1 Å². The molecule has 0 bridgehead atoms. The molecule has 11 nitrogen and oxygen atoms in total. The van der Waals surface area contributed by atoms with Crippen molar-refractivity contribution in [3.63, 3.8) is 0 Å². The summed E-state index contributed by atoms with van der Waals surface area (Å²) in [5.41, 5.74) is 1.53. The Morgan fingerprint density at radius 1 is 1.00 bits per heavy atom. The van der Waals surface area contributed by atoms with E-state index in [0.29, 0.717) is 37.2 Å². The maximum Gasteiger partial charge on any atom is 0.186 e. The minimum Gasteiger partial charge on any atom is -0.394 e. The van der Waals surface area contributed by atoms with Crippen molar-refractivity contribution in [2.45, 2.75) is 30.7 Å². The maximum atomic E-state index is 9.87. The summed E-state index contributed by atoms with van der Waals surface area (Å²) in [6, 6.07) is 7.24. The number of benzene rings is 1. The van der Waals surface area contributed by atoms with Crippen molar-refractivity contribution in [1.82, 2.24) is 5.32 Å². The van der Waals surface area contributed by atoms with Crippen molar-refractivity contribution in [3.8, 4) is 0 Å². The second-order valence-corrected chi connectivity index (χ2v) is 7.51. The zero-order valence-corrected chi connectivity index (χ0v) is 19.5. The number of aliphatic hydroxyl groups is 4. The van der Waals surface area contributed by atoms with E-state index in [2.05, 4.69) is 33.0 Å². The Balaban J connectivity index is 1.47. The normalized spacial score (nSPS) is 24.7. The Bertz CT molecular complexity index is 764. The van der Waals surface area contributed by atoms with Gasteiger partial charge >= 0.3 is 0 Å². The van der Waals surface area contributed by atoms with Crippen molar-refractivity contribution in [3.05, 3.63) is 24.3 Å². The quantitative estimate of drug-likeness (QED) is 0.117. The largest absolute Gasteiger partial charge is 0.394 e. The highest BCUT2D eigenvalue weighted by atomic mass is 32.1. The predicted octanol–water partition coefficient (Wildman–Crippen LogP) is -0.443. The fourth-order valence-electron chi connectivity index (χ4n) is 2.83. The molecule has 0 radical (unpaired) electrons. The number of thiocarbonyl (C=S) groups is 2. The number of hydrogen-bond acceptors (Lipinski definition) is 11. The number of ether oxygens (including phenoxy) is 4. The van der Waals surface area contributed by atoms with Crippen LogP contribution in [0.2, 0.25) is 0 Å². The molecule has 0 amide bonds. The van der Waals surface area contributed by atoms with Crippen LogP contribution in [0.4, 0.5) is 11.4 Å². The van der Waals surface area contributed by atoms with Gasteiger partial charge in [-0.25, -0.2) is 0 Å². The first-order chi connectivity index (χ1) is 16.0. The van der Waals surface area contributed by atoms with Gasteiger partial charge in [0.1, 0.15) is 24.4 Å². The number of anilines is 1. The summed E-state index contributed by atoms with van der Waals surface area (Å²) in [5, 5.41) is 47.3. The van der Waals surface area contributed by atoms with Crippen LogP contribution in [0.1, 0.15) is 0 Å².